The number of nitrogen functional groups attached to an aromatic ring is 1. The predicted octanol–water partition coefficient (Wildman–Crippen LogP) is 1.88. The third-order valence-corrected chi connectivity index (χ3v) is 2.62. The second-order valence-electron chi connectivity index (χ2n) is 3.76. The van der Waals surface area contributed by atoms with E-state index in [1.807, 2.05) is 18.2 Å². The van der Waals surface area contributed by atoms with Crippen molar-refractivity contribution in [1.82, 2.24) is 0 Å². The Hall–Kier alpha value is -1.38. The highest BCUT2D eigenvalue weighted by Crippen LogP contribution is 2.34. The summed E-state index contributed by atoms with van der Waals surface area (Å²) in [6.07, 6.45) is 1.34. The largest absolute Gasteiger partial charge is 0.486 e. The van der Waals surface area contributed by atoms with Crippen LogP contribution in [0.2, 0.25) is 0 Å². The molecule has 0 fully saturated rings. The lowest BCUT2D eigenvalue weighted by Crippen LogP contribution is -2.37. The monoisotopic (exact) mass is 192 g/mol. The highest BCUT2D eigenvalue weighted by molar-refractivity contribution is 5.65. The van der Waals surface area contributed by atoms with Crippen molar-refractivity contribution in [3.63, 3.8) is 0 Å². The van der Waals surface area contributed by atoms with E-state index >= 15 is 0 Å². The standard InChI is InChI=1S/C11H16N2O/c1-3-9-7-13(2)10-6-8(12)4-5-11(10)14-9/h4-6,9H,3,7,12H2,1-2H3. The van der Waals surface area contributed by atoms with Crippen LogP contribution < -0.4 is 15.4 Å². The maximum atomic E-state index is 5.81. The van der Waals surface area contributed by atoms with Gasteiger partial charge in [-0.05, 0) is 24.6 Å². The van der Waals surface area contributed by atoms with Crippen molar-refractivity contribution in [2.75, 3.05) is 24.2 Å². The van der Waals surface area contributed by atoms with E-state index in [-0.39, 0.29) is 0 Å². The lowest BCUT2D eigenvalue weighted by molar-refractivity contribution is 0.192. The summed E-state index contributed by atoms with van der Waals surface area (Å²) < 4.78 is 5.81. The molecule has 2 N–H and O–H groups in total. The molecule has 0 bridgehead atoms. The van der Waals surface area contributed by atoms with Gasteiger partial charge in [-0.15, -0.1) is 0 Å². The number of fused-ring (bicyclic) bond motifs is 1. The summed E-state index contributed by atoms with van der Waals surface area (Å²) in [5.41, 5.74) is 7.61. The predicted molar refractivity (Wildman–Crippen MR) is 58.8 cm³/mol. The Kier molecular flexibility index (Phi) is 2.23. The number of hydrogen-bond acceptors (Lipinski definition) is 3. The molecule has 0 aromatic heterocycles. The van der Waals surface area contributed by atoms with Crippen LogP contribution in [0.1, 0.15) is 13.3 Å². The smallest absolute Gasteiger partial charge is 0.143 e. The first-order valence-corrected chi connectivity index (χ1v) is 4.98. The molecule has 1 aromatic carbocycles. The molecule has 0 aliphatic carbocycles. The van der Waals surface area contributed by atoms with E-state index in [1.54, 1.807) is 0 Å². The Balaban J connectivity index is 2.35. The molecule has 1 atom stereocenters. The Labute approximate surface area is 84.5 Å². The minimum Gasteiger partial charge on any atom is -0.486 e. The Bertz CT molecular complexity index is 338. The minimum atomic E-state index is 0.302. The molecule has 0 saturated heterocycles. The van der Waals surface area contributed by atoms with Crippen molar-refractivity contribution in [2.45, 2.75) is 19.4 Å². The number of nitrogens with two attached hydrogens (primary N) is 1. The molecule has 0 spiro atoms. The van der Waals surface area contributed by atoms with Gasteiger partial charge in [-0.2, -0.15) is 0 Å². The molecule has 1 aliphatic rings. The number of benzene rings is 1. The number of hydrogen-bond donors (Lipinski definition) is 1. The molecular formula is C11H16N2O. The van der Waals surface area contributed by atoms with Gasteiger partial charge in [0.25, 0.3) is 0 Å². The Morgan fingerprint density at radius 2 is 2.36 bits per heavy atom. The second-order valence-corrected chi connectivity index (χ2v) is 3.76. The molecule has 0 radical (unpaired) electrons. The topological polar surface area (TPSA) is 38.5 Å². The van der Waals surface area contributed by atoms with E-state index in [2.05, 4.69) is 18.9 Å². The van der Waals surface area contributed by atoms with Crippen LogP contribution >= 0.6 is 0 Å². The molecule has 1 heterocycles. The van der Waals surface area contributed by atoms with E-state index in [0.29, 0.717) is 6.10 Å². The van der Waals surface area contributed by atoms with Crippen LogP contribution in [-0.4, -0.2) is 19.7 Å². The molecule has 3 heteroatoms. The number of nitrogens with zero attached hydrogens (tertiary/aromatic N) is 1. The number of ether oxygens (including phenoxy) is 1. The third kappa shape index (κ3) is 1.50. The van der Waals surface area contributed by atoms with E-state index in [0.717, 1.165) is 30.1 Å². The summed E-state index contributed by atoms with van der Waals surface area (Å²) in [4.78, 5) is 2.20. The zero-order valence-electron chi connectivity index (χ0n) is 8.66. The van der Waals surface area contributed by atoms with Gasteiger partial charge in [0.15, 0.2) is 0 Å². The average Bonchev–Trinajstić information content (AvgIpc) is 2.19. The molecular weight excluding hydrogens is 176 g/mol. The average molecular weight is 192 g/mol. The number of anilines is 2. The van der Waals surface area contributed by atoms with Crippen LogP contribution in [0.15, 0.2) is 18.2 Å². The lowest BCUT2D eigenvalue weighted by Gasteiger charge is -2.33. The van der Waals surface area contributed by atoms with Crippen molar-refractivity contribution < 1.29 is 4.74 Å². The first-order chi connectivity index (χ1) is 6.70. The van der Waals surface area contributed by atoms with Gasteiger partial charge < -0.3 is 15.4 Å². The van der Waals surface area contributed by atoms with Crippen LogP contribution in [-0.2, 0) is 0 Å². The van der Waals surface area contributed by atoms with Crippen LogP contribution in [0.4, 0.5) is 11.4 Å². The Morgan fingerprint density at radius 1 is 1.57 bits per heavy atom. The first-order valence-electron chi connectivity index (χ1n) is 4.98. The first kappa shape index (κ1) is 9.19. The van der Waals surface area contributed by atoms with Crippen LogP contribution in [0.3, 0.4) is 0 Å². The van der Waals surface area contributed by atoms with Crippen LogP contribution in [0.25, 0.3) is 0 Å². The van der Waals surface area contributed by atoms with Gasteiger partial charge in [-0.3, -0.25) is 0 Å². The molecule has 1 unspecified atom stereocenters. The van der Waals surface area contributed by atoms with Crippen LogP contribution in [0.5, 0.6) is 5.75 Å². The van der Waals surface area contributed by atoms with Crippen molar-refractivity contribution in [3.05, 3.63) is 18.2 Å². The fourth-order valence-corrected chi connectivity index (χ4v) is 1.77. The van der Waals surface area contributed by atoms with Gasteiger partial charge in [-0.1, -0.05) is 6.92 Å². The summed E-state index contributed by atoms with van der Waals surface area (Å²) in [6, 6.07) is 5.79. The zero-order chi connectivity index (χ0) is 10.1. The summed E-state index contributed by atoms with van der Waals surface area (Å²) in [6.45, 7) is 3.08. The van der Waals surface area contributed by atoms with Gasteiger partial charge in [0.2, 0.25) is 0 Å². The molecule has 76 valence electrons. The SMILES string of the molecule is CCC1CN(C)c2cc(N)ccc2O1. The van der Waals surface area contributed by atoms with Gasteiger partial charge in [0.1, 0.15) is 11.9 Å². The van der Waals surface area contributed by atoms with Crippen molar-refractivity contribution in [3.8, 4) is 5.75 Å². The fourth-order valence-electron chi connectivity index (χ4n) is 1.77. The van der Waals surface area contributed by atoms with E-state index in [1.165, 1.54) is 0 Å². The number of rotatable bonds is 1. The highest BCUT2D eigenvalue weighted by Gasteiger charge is 2.21. The molecule has 3 nitrogen and oxygen atoms in total. The molecule has 2 rings (SSSR count). The maximum absolute atomic E-state index is 5.81. The van der Waals surface area contributed by atoms with Crippen LogP contribution in [0, 0.1) is 0 Å². The van der Waals surface area contributed by atoms with E-state index in [4.69, 9.17) is 10.5 Å². The summed E-state index contributed by atoms with van der Waals surface area (Å²) in [5.74, 6) is 0.944. The molecule has 0 amide bonds. The fraction of sp³-hybridized carbons (Fsp3) is 0.455. The lowest BCUT2D eigenvalue weighted by atomic mass is 10.1. The normalized spacial score (nSPS) is 20.1. The third-order valence-electron chi connectivity index (χ3n) is 2.62. The van der Waals surface area contributed by atoms with Gasteiger partial charge in [0.05, 0.1) is 12.2 Å². The minimum absolute atomic E-state index is 0.302. The van der Waals surface area contributed by atoms with E-state index < -0.39 is 0 Å². The summed E-state index contributed by atoms with van der Waals surface area (Å²) >= 11 is 0. The molecule has 1 aliphatic heterocycles. The molecule has 0 saturated carbocycles. The van der Waals surface area contributed by atoms with Crippen molar-refractivity contribution >= 4 is 11.4 Å². The van der Waals surface area contributed by atoms with Gasteiger partial charge >= 0.3 is 0 Å². The maximum Gasteiger partial charge on any atom is 0.143 e. The zero-order valence-corrected chi connectivity index (χ0v) is 8.66. The van der Waals surface area contributed by atoms with Crippen molar-refractivity contribution in [2.24, 2.45) is 0 Å². The van der Waals surface area contributed by atoms with Crippen molar-refractivity contribution in [1.29, 1.82) is 0 Å². The second kappa shape index (κ2) is 3.40. The summed E-state index contributed by atoms with van der Waals surface area (Å²) in [5, 5.41) is 0. The number of likely N-dealkylation sites (N-methyl/N-ethyl adjacent to an activating group) is 1. The Morgan fingerprint density at radius 3 is 3.07 bits per heavy atom. The van der Waals surface area contributed by atoms with Gasteiger partial charge in [-0.25, -0.2) is 0 Å². The highest BCUT2D eigenvalue weighted by atomic mass is 16.5. The molecule has 1 aromatic rings. The quantitative estimate of drug-likeness (QED) is 0.690. The van der Waals surface area contributed by atoms with Gasteiger partial charge in [0, 0.05) is 12.7 Å². The van der Waals surface area contributed by atoms with E-state index in [9.17, 15) is 0 Å². The summed E-state index contributed by atoms with van der Waals surface area (Å²) in [7, 11) is 2.07. The molecule has 14 heavy (non-hydrogen) atoms.